The first kappa shape index (κ1) is 28.8. The van der Waals surface area contributed by atoms with Crippen LogP contribution in [0.5, 0.6) is 5.75 Å². The standard InChI is InChI=1S/C35H39N5O3/c1-7-28-21-40(20-27-17-29-23(9-8-14-36-29)18-32(27)43-28)19-26-15-24(11-10-22(26)2)33(35(3,4)34(41)42-6)25-12-13-31-30(16-25)37-38-39(31)5/h8-18,28,33H,7,19-21H2,1-6H3/t28-,33?/m1/s1. The van der Waals surface area contributed by atoms with E-state index >= 15 is 0 Å². The summed E-state index contributed by atoms with van der Waals surface area (Å²) in [6.07, 6.45) is 2.84. The van der Waals surface area contributed by atoms with Crippen LogP contribution in [0.1, 0.15) is 60.9 Å². The number of benzene rings is 3. The third-order valence-electron chi connectivity index (χ3n) is 8.89. The van der Waals surface area contributed by atoms with E-state index in [9.17, 15) is 4.79 Å². The zero-order valence-corrected chi connectivity index (χ0v) is 25.8. The quantitative estimate of drug-likeness (QED) is 0.209. The largest absolute Gasteiger partial charge is 0.489 e. The lowest BCUT2D eigenvalue weighted by Gasteiger charge is -2.33. The molecule has 1 unspecified atom stereocenters. The van der Waals surface area contributed by atoms with Crippen molar-refractivity contribution in [2.24, 2.45) is 12.5 Å². The third-order valence-corrected chi connectivity index (χ3v) is 8.89. The average molecular weight is 578 g/mol. The summed E-state index contributed by atoms with van der Waals surface area (Å²) < 4.78 is 13.6. The molecule has 0 spiro atoms. The molecule has 0 radical (unpaired) electrons. The van der Waals surface area contributed by atoms with E-state index in [4.69, 9.17) is 9.47 Å². The molecular weight excluding hydrogens is 538 g/mol. The minimum atomic E-state index is -0.825. The van der Waals surface area contributed by atoms with Crippen LogP contribution in [-0.2, 0) is 29.7 Å². The maximum Gasteiger partial charge on any atom is 0.312 e. The van der Waals surface area contributed by atoms with Crippen molar-refractivity contribution < 1.29 is 14.3 Å². The van der Waals surface area contributed by atoms with E-state index < -0.39 is 5.41 Å². The number of ether oxygens (including phenoxy) is 2. The topological polar surface area (TPSA) is 82.4 Å². The Morgan fingerprint density at radius 1 is 1.09 bits per heavy atom. The number of nitrogens with zero attached hydrogens (tertiary/aromatic N) is 5. The predicted molar refractivity (Wildman–Crippen MR) is 168 cm³/mol. The van der Waals surface area contributed by atoms with E-state index in [1.807, 2.05) is 45.3 Å². The maximum absolute atomic E-state index is 13.2. The number of rotatable bonds is 7. The fourth-order valence-corrected chi connectivity index (χ4v) is 6.45. The van der Waals surface area contributed by atoms with Crippen LogP contribution in [0.25, 0.3) is 21.9 Å². The SMILES string of the molecule is CC[C@@H]1CN(Cc2cc(C(c3ccc4c(c3)nnn4C)C(C)(C)C(=O)OC)ccc2C)Cc2cc3ncccc3cc2O1. The van der Waals surface area contributed by atoms with Gasteiger partial charge in [-0.3, -0.25) is 14.7 Å². The lowest BCUT2D eigenvalue weighted by atomic mass is 9.70. The Hall–Kier alpha value is -4.30. The first-order chi connectivity index (χ1) is 20.7. The lowest BCUT2D eigenvalue weighted by Crippen LogP contribution is -2.34. The molecule has 3 heterocycles. The Morgan fingerprint density at radius 3 is 2.67 bits per heavy atom. The van der Waals surface area contributed by atoms with Gasteiger partial charge in [0.05, 0.1) is 23.6 Å². The third kappa shape index (κ3) is 5.47. The molecule has 0 amide bonds. The second-order valence-corrected chi connectivity index (χ2v) is 12.3. The Morgan fingerprint density at radius 2 is 1.88 bits per heavy atom. The molecule has 0 N–H and O–H groups in total. The van der Waals surface area contributed by atoms with Crippen molar-refractivity contribution in [3.8, 4) is 5.75 Å². The average Bonchev–Trinajstić information content (AvgIpc) is 3.27. The number of aryl methyl sites for hydroxylation is 2. The highest BCUT2D eigenvalue weighted by molar-refractivity contribution is 5.81. The predicted octanol–water partition coefficient (Wildman–Crippen LogP) is 6.33. The first-order valence-electron chi connectivity index (χ1n) is 14.9. The molecule has 0 bridgehead atoms. The molecule has 2 atom stereocenters. The van der Waals surface area contributed by atoms with Crippen LogP contribution in [0.4, 0.5) is 0 Å². The number of carbonyl (C=O) groups is 1. The lowest BCUT2D eigenvalue weighted by molar-refractivity contribution is -0.151. The molecule has 43 heavy (non-hydrogen) atoms. The Labute approximate surface area is 252 Å². The van der Waals surface area contributed by atoms with Gasteiger partial charge in [0.1, 0.15) is 17.4 Å². The molecular formula is C35H39N5O3. The van der Waals surface area contributed by atoms with Gasteiger partial charge >= 0.3 is 5.97 Å². The summed E-state index contributed by atoms with van der Waals surface area (Å²) >= 11 is 0. The van der Waals surface area contributed by atoms with Crippen molar-refractivity contribution in [3.63, 3.8) is 0 Å². The van der Waals surface area contributed by atoms with Crippen molar-refractivity contribution in [2.45, 2.75) is 59.2 Å². The molecule has 5 aromatic rings. The summed E-state index contributed by atoms with van der Waals surface area (Å²) in [5.74, 6) is 0.436. The summed E-state index contributed by atoms with van der Waals surface area (Å²) in [4.78, 5) is 20.2. The first-order valence-corrected chi connectivity index (χ1v) is 14.9. The van der Waals surface area contributed by atoms with Crippen LogP contribution in [0.2, 0.25) is 0 Å². The van der Waals surface area contributed by atoms with Gasteiger partial charge in [-0.1, -0.05) is 42.5 Å². The van der Waals surface area contributed by atoms with E-state index in [2.05, 4.69) is 76.5 Å². The summed E-state index contributed by atoms with van der Waals surface area (Å²) in [5, 5.41) is 9.62. The summed E-state index contributed by atoms with van der Waals surface area (Å²) in [6.45, 7) is 10.6. The van der Waals surface area contributed by atoms with Crippen molar-refractivity contribution >= 4 is 27.9 Å². The van der Waals surface area contributed by atoms with E-state index in [0.29, 0.717) is 0 Å². The molecule has 0 fully saturated rings. The Kier molecular flexibility index (Phi) is 7.65. The molecule has 6 rings (SSSR count). The van der Waals surface area contributed by atoms with Crippen LogP contribution in [0.3, 0.4) is 0 Å². The van der Waals surface area contributed by atoms with Gasteiger partial charge in [-0.25, -0.2) is 4.68 Å². The second kappa shape index (κ2) is 11.4. The van der Waals surface area contributed by atoms with Gasteiger partial charge in [-0.05, 0) is 79.8 Å². The van der Waals surface area contributed by atoms with E-state index in [1.54, 1.807) is 4.68 Å². The smallest absolute Gasteiger partial charge is 0.312 e. The number of hydrogen-bond donors (Lipinski definition) is 0. The van der Waals surface area contributed by atoms with Crippen molar-refractivity contribution in [3.05, 3.63) is 94.7 Å². The van der Waals surface area contributed by atoms with Crippen LogP contribution in [0, 0.1) is 12.3 Å². The van der Waals surface area contributed by atoms with E-state index in [0.717, 1.165) is 70.4 Å². The highest BCUT2D eigenvalue weighted by Crippen LogP contribution is 2.43. The van der Waals surface area contributed by atoms with Crippen LogP contribution in [0.15, 0.2) is 66.9 Å². The Bertz CT molecular complexity index is 1810. The van der Waals surface area contributed by atoms with Crippen LogP contribution >= 0.6 is 0 Å². The molecule has 1 aliphatic rings. The molecule has 8 heteroatoms. The van der Waals surface area contributed by atoms with Gasteiger partial charge in [-0.2, -0.15) is 0 Å². The van der Waals surface area contributed by atoms with Gasteiger partial charge in [0.25, 0.3) is 0 Å². The molecule has 1 aliphatic heterocycles. The zero-order chi connectivity index (χ0) is 30.3. The van der Waals surface area contributed by atoms with Gasteiger partial charge in [0.2, 0.25) is 0 Å². The number of esters is 1. The number of methoxy groups -OCH3 is 1. The van der Waals surface area contributed by atoms with Gasteiger partial charge in [-0.15, -0.1) is 5.10 Å². The van der Waals surface area contributed by atoms with Gasteiger partial charge in [0, 0.05) is 49.7 Å². The number of pyridine rings is 1. The molecule has 8 nitrogen and oxygen atoms in total. The molecule has 0 aliphatic carbocycles. The number of fused-ring (bicyclic) bond motifs is 3. The maximum atomic E-state index is 13.2. The number of aromatic nitrogens is 4. The van der Waals surface area contributed by atoms with Crippen molar-refractivity contribution in [1.82, 2.24) is 24.9 Å². The van der Waals surface area contributed by atoms with Gasteiger partial charge in [0.15, 0.2) is 0 Å². The monoisotopic (exact) mass is 577 g/mol. The van der Waals surface area contributed by atoms with Crippen LogP contribution < -0.4 is 4.74 Å². The van der Waals surface area contributed by atoms with Gasteiger partial charge < -0.3 is 9.47 Å². The highest BCUT2D eigenvalue weighted by Gasteiger charge is 2.40. The molecule has 222 valence electrons. The Balaban J connectivity index is 1.38. The summed E-state index contributed by atoms with van der Waals surface area (Å²) in [6, 6.07) is 21.1. The minimum Gasteiger partial charge on any atom is -0.489 e. The second-order valence-electron chi connectivity index (χ2n) is 12.3. The molecule has 2 aromatic heterocycles. The number of hydrogen-bond acceptors (Lipinski definition) is 7. The van der Waals surface area contributed by atoms with Crippen LogP contribution in [-0.4, -0.2) is 50.6 Å². The molecule has 0 saturated carbocycles. The van der Waals surface area contributed by atoms with E-state index in [-0.39, 0.29) is 18.0 Å². The van der Waals surface area contributed by atoms with Crippen molar-refractivity contribution in [1.29, 1.82) is 0 Å². The summed E-state index contributed by atoms with van der Waals surface area (Å²) in [7, 11) is 3.33. The minimum absolute atomic E-state index is 0.0866. The summed E-state index contributed by atoms with van der Waals surface area (Å²) in [5.41, 5.74) is 7.54. The normalized spacial score (nSPS) is 16.5. The zero-order valence-electron chi connectivity index (χ0n) is 25.8. The fourth-order valence-electron chi connectivity index (χ4n) is 6.45. The van der Waals surface area contributed by atoms with E-state index in [1.165, 1.54) is 18.2 Å². The van der Waals surface area contributed by atoms with Crippen molar-refractivity contribution in [2.75, 3.05) is 13.7 Å². The fraction of sp³-hybridized carbons (Fsp3) is 0.371. The highest BCUT2D eigenvalue weighted by atomic mass is 16.5. The molecule has 3 aromatic carbocycles. The molecule has 0 saturated heterocycles. The number of carbonyl (C=O) groups excluding carboxylic acids is 1.